The van der Waals surface area contributed by atoms with Gasteiger partial charge in [0.05, 0.1) is 17.0 Å². The standard InChI is InChI=1S/C30H33ClN4O3S/c1-20-5-7-24(8-6-20)18-35(39(37,38)30-22(3)15-21(2)16-23(30)4)19-29(36)34-14-13-33-27-11-12-32-28-17-25(31)9-10-26(27)28/h5-12,15-17H,13-14,18-19H2,1-4H3,(H,32,33)(H,34,36). The minimum absolute atomic E-state index is 0.0899. The van der Waals surface area contributed by atoms with Crippen LogP contribution < -0.4 is 10.6 Å². The molecule has 0 saturated carbocycles. The largest absolute Gasteiger partial charge is 0.383 e. The summed E-state index contributed by atoms with van der Waals surface area (Å²) in [6.07, 6.45) is 1.70. The number of rotatable bonds is 10. The SMILES string of the molecule is Cc1ccc(CN(CC(=O)NCCNc2ccnc3cc(Cl)ccc23)S(=O)(=O)c2c(C)cc(C)cc2C)cc1. The normalized spacial score (nSPS) is 11.6. The highest BCUT2D eigenvalue weighted by atomic mass is 35.5. The number of halogens is 1. The molecule has 1 amide bonds. The van der Waals surface area contributed by atoms with Crippen molar-refractivity contribution in [1.29, 1.82) is 0 Å². The van der Waals surface area contributed by atoms with Crippen molar-refractivity contribution >= 4 is 44.1 Å². The second kappa shape index (κ2) is 12.2. The van der Waals surface area contributed by atoms with Crippen molar-refractivity contribution in [2.45, 2.75) is 39.1 Å². The number of hydrogen-bond donors (Lipinski definition) is 2. The van der Waals surface area contributed by atoms with Gasteiger partial charge in [0.2, 0.25) is 15.9 Å². The van der Waals surface area contributed by atoms with Crippen LogP contribution in [0.5, 0.6) is 0 Å². The third-order valence-electron chi connectivity index (χ3n) is 6.47. The number of pyridine rings is 1. The summed E-state index contributed by atoms with van der Waals surface area (Å²) >= 11 is 6.07. The van der Waals surface area contributed by atoms with E-state index < -0.39 is 10.0 Å². The molecule has 1 aromatic heterocycles. The van der Waals surface area contributed by atoms with Gasteiger partial charge in [-0.2, -0.15) is 4.31 Å². The van der Waals surface area contributed by atoms with E-state index in [0.29, 0.717) is 29.2 Å². The van der Waals surface area contributed by atoms with Crippen LogP contribution in [0.1, 0.15) is 27.8 Å². The first-order valence-corrected chi connectivity index (χ1v) is 14.5. The number of carbonyl (C=O) groups excluding carboxylic acids is 1. The van der Waals surface area contributed by atoms with Gasteiger partial charge in [-0.05, 0) is 68.7 Å². The van der Waals surface area contributed by atoms with Gasteiger partial charge in [0.15, 0.2) is 0 Å². The molecular formula is C30H33ClN4O3S. The van der Waals surface area contributed by atoms with Crippen molar-refractivity contribution in [3.63, 3.8) is 0 Å². The first-order chi connectivity index (χ1) is 18.5. The first-order valence-electron chi connectivity index (χ1n) is 12.7. The van der Waals surface area contributed by atoms with Crippen molar-refractivity contribution in [2.75, 3.05) is 25.0 Å². The maximum Gasteiger partial charge on any atom is 0.244 e. The maximum absolute atomic E-state index is 13.9. The van der Waals surface area contributed by atoms with E-state index in [0.717, 1.165) is 33.3 Å². The molecule has 4 rings (SSSR count). The summed E-state index contributed by atoms with van der Waals surface area (Å²) < 4.78 is 29.0. The summed E-state index contributed by atoms with van der Waals surface area (Å²) in [5.74, 6) is -0.374. The van der Waals surface area contributed by atoms with Crippen LogP contribution >= 0.6 is 11.6 Å². The Labute approximate surface area is 235 Å². The Morgan fingerprint density at radius 2 is 1.59 bits per heavy atom. The number of nitrogens with one attached hydrogen (secondary N) is 2. The van der Waals surface area contributed by atoms with Gasteiger partial charge in [-0.15, -0.1) is 0 Å². The third kappa shape index (κ3) is 6.95. The lowest BCUT2D eigenvalue weighted by Gasteiger charge is -2.24. The van der Waals surface area contributed by atoms with Gasteiger partial charge in [0.25, 0.3) is 0 Å². The van der Waals surface area contributed by atoms with Gasteiger partial charge in [-0.1, -0.05) is 59.1 Å². The molecule has 39 heavy (non-hydrogen) atoms. The molecule has 1 heterocycles. The fraction of sp³-hybridized carbons (Fsp3) is 0.267. The van der Waals surface area contributed by atoms with Crippen molar-refractivity contribution in [3.8, 4) is 0 Å². The molecule has 0 aliphatic rings. The molecule has 0 radical (unpaired) electrons. The number of amides is 1. The molecule has 204 valence electrons. The average Bonchev–Trinajstić information content (AvgIpc) is 2.86. The molecule has 0 spiro atoms. The Hall–Kier alpha value is -3.46. The van der Waals surface area contributed by atoms with Crippen LogP contribution in [0.25, 0.3) is 10.9 Å². The number of anilines is 1. The molecule has 0 aliphatic heterocycles. The number of aryl methyl sites for hydroxylation is 4. The van der Waals surface area contributed by atoms with E-state index in [1.807, 2.05) is 62.4 Å². The zero-order valence-electron chi connectivity index (χ0n) is 22.6. The number of benzene rings is 3. The van der Waals surface area contributed by atoms with Gasteiger partial charge in [0.1, 0.15) is 0 Å². The predicted molar refractivity (Wildman–Crippen MR) is 158 cm³/mol. The molecule has 7 nitrogen and oxygen atoms in total. The van der Waals surface area contributed by atoms with E-state index in [1.165, 1.54) is 4.31 Å². The number of sulfonamides is 1. The first kappa shape index (κ1) is 28.5. The molecule has 0 fully saturated rings. The maximum atomic E-state index is 13.9. The zero-order valence-corrected chi connectivity index (χ0v) is 24.2. The highest BCUT2D eigenvalue weighted by Crippen LogP contribution is 2.27. The molecule has 4 aromatic rings. The van der Waals surface area contributed by atoms with Crippen molar-refractivity contribution in [3.05, 3.63) is 99.7 Å². The Morgan fingerprint density at radius 3 is 2.28 bits per heavy atom. The summed E-state index contributed by atoms with van der Waals surface area (Å²) in [6, 6.07) is 18.7. The molecule has 0 atom stereocenters. The lowest BCUT2D eigenvalue weighted by Crippen LogP contribution is -2.41. The van der Waals surface area contributed by atoms with Crippen molar-refractivity contribution in [1.82, 2.24) is 14.6 Å². The summed E-state index contributed by atoms with van der Waals surface area (Å²) in [6.45, 7) is 8.06. The number of aromatic nitrogens is 1. The van der Waals surface area contributed by atoms with E-state index in [1.54, 1.807) is 32.2 Å². The molecule has 0 bridgehead atoms. The molecule has 9 heteroatoms. The van der Waals surface area contributed by atoms with Gasteiger partial charge < -0.3 is 10.6 Å². The number of nitrogens with zero attached hydrogens (tertiary/aromatic N) is 2. The highest BCUT2D eigenvalue weighted by Gasteiger charge is 2.30. The van der Waals surface area contributed by atoms with Crippen LogP contribution in [0.15, 0.2) is 71.8 Å². The molecule has 0 unspecified atom stereocenters. The quantitative estimate of drug-likeness (QED) is 0.247. The summed E-state index contributed by atoms with van der Waals surface area (Å²) in [7, 11) is -3.94. The smallest absolute Gasteiger partial charge is 0.244 e. The second-order valence-corrected chi connectivity index (χ2v) is 12.1. The number of fused-ring (bicyclic) bond motifs is 1. The fourth-order valence-electron chi connectivity index (χ4n) is 4.72. The Kier molecular flexibility index (Phi) is 8.90. The van der Waals surface area contributed by atoms with Crippen molar-refractivity contribution < 1.29 is 13.2 Å². The summed E-state index contributed by atoms with van der Waals surface area (Å²) in [4.78, 5) is 17.6. The molecule has 0 aliphatic carbocycles. The van der Waals surface area contributed by atoms with E-state index in [9.17, 15) is 13.2 Å². The monoisotopic (exact) mass is 564 g/mol. The minimum atomic E-state index is -3.94. The second-order valence-electron chi connectivity index (χ2n) is 9.78. The van der Waals surface area contributed by atoms with Crippen LogP contribution in [0.2, 0.25) is 5.02 Å². The van der Waals surface area contributed by atoms with E-state index >= 15 is 0 Å². The number of carbonyl (C=O) groups is 1. The van der Waals surface area contributed by atoms with Gasteiger partial charge in [0, 0.05) is 41.9 Å². The average molecular weight is 565 g/mol. The lowest BCUT2D eigenvalue weighted by atomic mass is 10.1. The lowest BCUT2D eigenvalue weighted by molar-refractivity contribution is -0.121. The van der Waals surface area contributed by atoms with E-state index in [2.05, 4.69) is 15.6 Å². The van der Waals surface area contributed by atoms with Gasteiger partial charge >= 0.3 is 0 Å². The van der Waals surface area contributed by atoms with Crippen LogP contribution in [-0.4, -0.2) is 43.2 Å². The van der Waals surface area contributed by atoms with Crippen LogP contribution in [0.3, 0.4) is 0 Å². The zero-order chi connectivity index (χ0) is 28.2. The Bertz CT molecular complexity index is 1580. The topological polar surface area (TPSA) is 91.4 Å². The number of hydrogen-bond acceptors (Lipinski definition) is 5. The van der Waals surface area contributed by atoms with E-state index in [4.69, 9.17) is 11.6 Å². The minimum Gasteiger partial charge on any atom is -0.383 e. The predicted octanol–water partition coefficient (Wildman–Crippen LogP) is 5.54. The summed E-state index contributed by atoms with van der Waals surface area (Å²) in [5.41, 5.74) is 5.85. The third-order valence-corrected chi connectivity index (χ3v) is 8.80. The van der Waals surface area contributed by atoms with E-state index in [-0.39, 0.29) is 23.9 Å². The molecule has 2 N–H and O–H groups in total. The van der Waals surface area contributed by atoms with Crippen LogP contribution in [0, 0.1) is 27.7 Å². The van der Waals surface area contributed by atoms with Crippen LogP contribution in [0.4, 0.5) is 5.69 Å². The molecule has 3 aromatic carbocycles. The van der Waals surface area contributed by atoms with Gasteiger partial charge in [-0.25, -0.2) is 8.42 Å². The molecular weight excluding hydrogens is 532 g/mol. The van der Waals surface area contributed by atoms with Gasteiger partial charge in [-0.3, -0.25) is 9.78 Å². The highest BCUT2D eigenvalue weighted by molar-refractivity contribution is 7.89. The molecule has 0 saturated heterocycles. The Balaban J connectivity index is 1.47. The van der Waals surface area contributed by atoms with Crippen molar-refractivity contribution in [2.24, 2.45) is 0 Å². The van der Waals surface area contributed by atoms with Crippen LogP contribution in [-0.2, 0) is 21.4 Å². The fourth-order valence-corrected chi connectivity index (χ4v) is 6.68. The Morgan fingerprint density at radius 1 is 0.897 bits per heavy atom. The summed E-state index contributed by atoms with van der Waals surface area (Å²) in [5, 5.41) is 7.70.